The number of aromatic nitrogens is 1. The predicted octanol–water partition coefficient (Wildman–Crippen LogP) is 4.74. The highest BCUT2D eigenvalue weighted by Gasteiger charge is 2.11. The molecule has 0 saturated heterocycles. The Kier molecular flexibility index (Phi) is 3.82. The van der Waals surface area contributed by atoms with Crippen molar-refractivity contribution in [1.29, 1.82) is 0 Å². The molecule has 1 heterocycles. The van der Waals surface area contributed by atoms with Gasteiger partial charge in [0.2, 0.25) is 0 Å². The summed E-state index contributed by atoms with van der Waals surface area (Å²) in [6, 6.07) is 15.6. The van der Waals surface area contributed by atoms with Crippen LogP contribution in [-0.2, 0) is 0 Å². The lowest BCUT2D eigenvalue weighted by molar-refractivity contribution is 0.0696. The van der Waals surface area contributed by atoms with E-state index in [1.165, 1.54) is 24.0 Å². The first-order chi connectivity index (χ1) is 10.1. The summed E-state index contributed by atoms with van der Waals surface area (Å²) >= 11 is 7.23. The Bertz CT molecular complexity index is 835. The topological polar surface area (TPSA) is 50.2 Å². The molecular weight excluding hydrogens is 306 g/mol. The van der Waals surface area contributed by atoms with Gasteiger partial charge in [-0.3, -0.25) is 0 Å². The quantitative estimate of drug-likeness (QED) is 0.758. The molecule has 21 heavy (non-hydrogen) atoms. The summed E-state index contributed by atoms with van der Waals surface area (Å²) in [7, 11) is 0. The number of pyridine rings is 1. The molecular formula is C16H10ClNO2S. The van der Waals surface area contributed by atoms with E-state index < -0.39 is 5.97 Å². The summed E-state index contributed by atoms with van der Waals surface area (Å²) in [6.45, 7) is 0. The fourth-order valence-electron chi connectivity index (χ4n) is 1.99. The summed E-state index contributed by atoms with van der Waals surface area (Å²) in [5, 5.41) is 12.1. The van der Waals surface area contributed by atoms with Gasteiger partial charge in [0.25, 0.3) is 0 Å². The third kappa shape index (κ3) is 3.01. The van der Waals surface area contributed by atoms with E-state index in [-0.39, 0.29) is 10.6 Å². The van der Waals surface area contributed by atoms with Crippen molar-refractivity contribution in [2.75, 3.05) is 0 Å². The molecule has 0 aliphatic rings. The Labute approximate surface area is 130 Å². The number of halogens is 1. The average Bonchev–Trinajstić information content (AvgIpc) is 2.49. The molecule has 1 N–H and O–H groups in total. The maximum Gasteiger partial charge on any atom is 0.337 e. The van der Waals surface area contributed by atoms with Crippen LogP contribution in [0.4, 0.5) is 0 Å². The lowest BCUT2D eigenvalue weighted by atomic mass is 10.1. The minimum absolute atomic E-state index is 0.0648. The molecule has 104 valence electrons. The van der Waals surface area contributed by atoms with Gasteiger partial charge in [0.15, 0.2) is 0 Å². The number of benzene rings is 2. The lowest BCUT2D eigenvalue weighted by Crippen LogP contribution is -1.98. The number of fused-ring (bicyclic) bond motifs is 1. The summed E-state index contributed by atoms with van der Waals surface area (Å²) < 4.78 is 0. The average molecular weight is 316 g/mol. The highest BCUT2D eigenvalue weighted by molar-refractivity contribution is 7.99. The summed E-state index contributed by atoms with van der Waals surface area (Å²) in [6.07, 6.45) is 1.37. The number of hydrogen-bond acceptors (Lipinski definition) is 3. The van der Waals surface area contributed by atoms with Crippen LogP contribution in [0.3, 0.4) is 0 Å². The molecule has 3 rings (SSSR count). The van der Waals surface area contributed by atoms with Gasteiger partial charge in [-0.05, 0) is 29.0 Å². The van der Waals surface area contributed by atoms with E-state index >= 15 is 0 Å². The third-order valence-electron chi connectivity index (χ3n) is 3.00. The normalized spacial score (nSPS) is 10.7. The number of carboxylic acid groups (broad SMARTS) is 1. The van der Waals surface area contributed by atoms with E-state index in [0.29, 0.717) is 5.03 Å². The summed E-state index contributed by atoms with van der Waals surface area (Å²) in [5.74, 6) is -1.05. The molecule has 0 aliphatic carbocycles. The van der Waals surface area contributed by atoms with Crippen molar-refractivity contribution < 1.29 is 9.90 Å². The van der Waals surface area contributed by atoms with Gasteiger partial charge >= 0.3 is 5.97 Å². The standard InChI is InChI=1S/C16H10ClNO2S/c17-14-9-18-15(8-13(14)16(19)20)21-12-6-5-10-3-1-2-4-11(10)7-12/h1-9H,(H,19,20). The second kappa shape index (κ2) is 5.76. The van der Waals surface area contributed by atoms with Gasteiger partial charge in [-0.15, -0.1) is 0 Å². The van der Waals surface area contributed by atoms with Gasteiger partial charge < -0.3 is 5.11 Å². The van der Waals surface area contributed by atoms with Crippen molar-refractivity contribution in [2.24, 2.45) is 0 Å². The third-order valence-corrected chi connectivity index (χ3v) is 4.23. The van der Waals surface area contributed by atoms with Crippen LogP contribution in [0.15, 0.2) is 64.6 Å². The highest BCUT2D eigenvalue weighted by atomic mass is 35.5. The van der Waals surface area contributed by atoms with Gasteiger partial charge in [-0.2, -0.15) is 0 Å². The molecule has 0 saturated carbocycles. The second-order valence-corrected chi connectivity index (χ2v) is 5.92. The first kappa shape index (κ1) is 13.9. The minimum atomic E-state index is -1.05. The van der Waals surface area contributed by atoms with Crippen LogP contribution in [0, 0.1) is 0 Å². The van der Waals surface area contributed by atoms with E-state index in [1.54, 1.807) is 0 Å². The van der Waals surface area contributed by atoms with Gasteiger partial charge in [0.1, 0.15) is 5.03 Å². The Morgan fingerprint density at radius 2 is 1.86 bits per heavy atom. The van der Waals surface area contributed by atoms with Crippen LogP contribution < -0.4 is 0 Å². The van der Waals surface area contributed by atoms with Gasteiger partial charge in [0.05, 0.1) is 10.6 Å². The number of hydrogen-bond donors (Lipinski definition) is 1. The Hall–Kier alpha value is -2.04. The van der Waals surface area contributed by atoms with Crippen LogP contribution in [0.5, 0.6) is 0 Å². The lowest BCUT2D eigenvalue weighted by Gasteiger charge is -2.05. The first-order valence-electron chi connectivity index (χ1n) is 6.19. The molecule has 0 bridgehead atoms. The fraction of sp³-hybridized carbons (Fsp3) is 0. The number of aromatic carboxylic acids is 1. The molecule has 5 heteroatoms. The van der Waals surface area contributed by atoms with Gasteiger partial charge in [-0.1, -0.05) is 53.7 Å². The van der Waals surface area contributed by atoms with Crippen molar-refractivity contribution in [2.45, 2.75) is 9.92 Å². The van der Waals surface area contributed by atoms with E-state index in [4.69, 9.17) is 16.7 Å². The molecule has 0 unspecified atom stereocenters. The van der Waals surface area contributed by atoms with Crippen LogP contribution in [0.1, 0.15) is 10.4 Å². The molecule has 3 nitrogen and oxygen atoms in total. The maximum absolute atomic E-state index is 11.1. The Balaban J connectivity index is 1.94. The van der Waals surface area contributed by atoms with E-state index in [9.17, 15) is 4.79 Å². The fourth-order valence-corrected chi connectivity index (χ4v) is 3.02. The number of carbonyl (C=O) groups is 1. The molecule has 0 fully saturated rings. The van der Waals surface area contributed by atoms with Crippen LogP contribution >= 0.6 is 23.4 Å². The van der Waals surface area contributed by atoms with Gasteiger partial charge in [0, 0.05) is 11.1 Å². The summed E-state index contributed by atoms with van der Waals surface area (Å²) in [5.41, 5.74) is 0.0648. The zero-order valence-electron chi connectivity index (χ0n) is 10.8. The van der Waals surface area contributed by atoms with Crippen LogP contribution in [-0.4, -0.2) is 16.1 Å². The molecule has 0 radical (unpaired) electrons. The van der Waals surface area contributed by atoms with Crippen molar-refractivity contribution in [3.05, 3.63) is 65.3 Å². The van der Waals surface area contributed by atoms with Crippen molar-refractivity contribution in [1.82, 2.24) is 4.98 Å². The predicted molar refractivity (Wildman–Crippen MR) is 84.3 cm³/mol. The molecule has 0 atom stereocenters. The monoisotopic (exact) mass is 315 g/mol. The SMILES string of the molecule is O=C(O)c1cc(Sc2ccc3ccccc3c2)ncc1Cl. The Morgan fingerprint density at radius 1 is 1.10 bits per heavy atom. The Morgan fingerprint density at radius 3 is 2.62 bits per heavy atom. The van der Waals surface area contributed by atoms with E-state index in [1.807, 2.05) is 36.4 Å². The van der Waals surface area contributed by atoms with Crippen molar-refractivity contribution in [3.63, 3.8) is 0 Å². The highest BCUT2D eigenvalue weighted by Crippen LogP contribution is 2.30. The number of rotatable bonds is 3. The molecule has 1 aromatic heterocycles. The van der Waals surface area contributed by atoms with Crippen LogP contribution in [0.25, 0.3) is 10.8 Å². The maximum atomic E-state index is 11.1. The molecule has 0 amide bonds. The van der Waals surface area contributed by atoms with Gasteiger partial charge in [-0.25, -0.2) is 9.78 Å². The van der Waals surface area contributed by atoms with E-state index in [0.717, 1.165) is 15.7 Å². The van der Waals surface area contributed by atoms with E-state index in [2.05, 4.69) is 11.1 Å². The zero-order chi connectivity index (χ0) is 14.8. The zero-order valence-corrected chi connectivity index (χ0v) is 12.4. The van der Waals surface area contributed by atoms with Crippen molar-refractivity contribution in [3.8, 4) is 0 Å². The first-order valence-corrected chi connectivity index (χ1v) is 7.38. The smallest absolute Gasteiger partial charge is 0.337 e. The summed E-state index contributed by atoms with van der Waals surface area (Å²) in [4.78, 5) is 16.2. The number of carboxylic acids is 1. The van der Waals surface area contributed by atoms with Crippen LogP contribution in [0.2, 0.25) is 5.02 Å². The second-order valence-electron chi connectivity index (χ2n) is 4.42. The molecule has 0 spiro atoms. The molecule has 3 aromatic rings. The molecule has 0 aliphatic heterocycles. The molecule has 2 aromatic carbocycles. The van der Waals surface area contributed by atoms with Crippen molar-refractivity contribution >= 4 is 40.1 Å². The largest absolute Gasteiger partial charge is 0.478 e. The minimum Gasteiger partial charge on any atom is -0.478 e. The number of nitrogens with zero attached hydrogens (tertiary/aromatic N) is 1.